The smallest absolute Gasteiger partial charge is 0.242 e. The van der Waals surface area contributed by atoms with E-state index in [1.165, 1.54) is 29.2 Å². The Kier molecular flexibility index (Phi) is 11.0. The standard InChI is InChI=1S/C25H32Cl2FN3O4S/c1-17(2)15-29-25(33)18(3)30(16-19-11-12-20(26)21(27)14-19)24(32)10-7-13-31(36(4,34)35)23-9-6-5-8-22(23)28/h5-6,8-9,11-12,14,17-18H,7,10,13,15-16H2,1-4H3,(H,29,33). The number of para-hydroxylation sites is 1. The van der Waals surface area contributed by atoms with Crippen LogP contribution in [0.25, 0.3) is 0 Å². The molecule has 0 aliphatic heterocycles. The zero-order chi connectivity index (χ0) is 27.0. The Morgan fingerprint density at radius 2 is 1.72 bits per heavy atom. The van der Waals surface area contributed by atoms with Gasteiger partial charge >= 0.3 is 0 Å². The molecule has 2 aromatic carbocycles. The van der Waals surface area contributed by atoms with E-state index in [1.807, 2.05) is 13.8 Å². The molecule has 1 unspecified atom stereocenters. The van der Waals surface area contributed by atoms with Crippen LogP contribution in [-0.2, 0) is 26.2 Å². The van der Waals surface area contributed by atoms with Gasteiger partial charge in [-0.25, -0.2) is 12.8 Å². The maximum absolute atomic E-state index is 14.3. The van der Waals surface area contributed by atoms with Crippen LogP contribution in [0.15, 0.2) is 42.5 Å². The van der Waals surface area contributed by atoms with Crippen molar-refractivity contribution in [1.29, 1.82) is 0 Å². The number of sulfonamides is 1. The van der Waals surface area contributed by atoms with Crippen molar-refractivity contribution in [3.63, 3.8) is 0 Å². The summed E-state index contributed by atoms with van der Waals surface area (Å²) in [5.74, 6) is -1.09. The molecule has 198 valence electrons. The Bertz CT molecular complexity index is 1180. The number of benzene rings is 2. The van der Waals surface area contributed by atoms with Gasteiger partial charge in [0.15, 0.2) is 0 Å². The van der Waals surface area contributed by atoms with Crippen molar-refractivity contribution < 1.29 is 22.4 Å². The monoisotopic (exact) mass is 559 g/mol. The molecule has 2 amide bonds. The summed E-state index contributed by atoms with van der Waals surface area (Å²) in [6.07, 6.45) is 1.06. The van der Waals surface area contributed by atoms with E-state index in [2.05, 4.69) is 5.32 Å². The second kappa shape index (κ2) is 13.3. The van der Waals surface area contributed by atoms with Gasteiger partial charge in [-0.1, -0.05) is 55.2 Å². The molecule has 0 aromatic heterocycles. The molecular weight excluding hydrogens is 528 g/mol. The van der Waals surface area contributed by atoms with Gasteiger partial charge in [-0.15, -0.1) is 0 Å². The van der Waals surface area contributed by atoms with E-state index in [0.717, 1.165) is 10.6 Å². The molecule has 0 bridgehead atoms. The highest BCUT2D eigenvalue weighted by Gasteiger charge is 2.27. The molecule has 0 saturated carbocycles. The molecule has 0 heterocycles. The quantitative estimate of drug-likeness (QED) is 0.402. The average Bonchev–Trinajstić information content (AvgIpc) is 2.80. The first-order chi connectivity index (χ1) is 16.8. The summed E-state index contributed by atoms with van der Waals surface area (Å²) in [5, 5.41) is 3.53. The van der Waals surface area contributed by atoms with Crippen LogP contribution in [-0.4, -0.2) is 50.5 Å². The highest BCUT2D eigenvalue weighted by molar-refractivity contribution is 7.92. The second-order valence-electron chi connectivity index (χ2n) is 8.98. The molecule has 2 rings (SSSR count). The molecule has 36 heavy (non-hydrogen) atoms. The van der Waals surface area contributed by atoms with E-state index in [9.17, 15) is 22.4 Å². The minimum atomic E-state index is -3.78. The van der Waals surface area contributed by atoms with Crippen LogP contribution in [0.2, 0.25) is 10.0 Å². The Morgan fingerprint density at radius 3 is 2.31 bits per heavy atom. The number of nitrogens with zero attached hydrogens (tertiary/aromatic N) is 2. The van der Waals surface area contributed by atoms with E-state index in [4.69, 9.17) is 23.2 Å². The Morgan fingerprint density at radius 1 is 1.06 bits per heavy atom. The molecule has 2 aromatic rings. The minimum Gasteiger partial charge on any atom is -0.354 e. The minimum absolute atomic E-state index is 0.0520. The molecule has 0 radical (unpaired) electrons. The fourth-order valence-electron chi connectivity index (χ4n) is 3.51. The first kappa shape index (κ1) is 29.9. The number of nitrogens with one attached hydrogen (secondary N) is 1. The highest BCUT2D eigenvalue weighted by atomic mass is 35.5. The number of hydrogen-bond donors (Lipinski definition) is 1. The van der Waals surface area contributed by atoms with Crippen LogP contribution >= 0.6 is 23.2 Å². The van der Waals surface area contributed by atoms with Gasteiger partial charge in [0, 0.05) is 26.1 Å². The topological polar surface area (TPSA) is 86.8 Å². The SMILES string of the molecule is CC(C)CNC(=O)C(C)N(Cc1ccc(Cl)c(Cl)c1)C(=O)CCCN(c1ccccc1F)S(C)(=O)=O. The van der Waals surface area contributed by atoms with Crippen molar-refractivity contribution in [2.45, 2.75) is 46.2 Å². The number of carbonyl (C=O) groups is 2. The fourth-order valence-corrected chi connectivity index (χ4v) is 4.79. The van der Waals surface area contributed by atoms with Crippen LogP contribution in [0.3, 0.4) is 0 Å². The summed E-state index contributed by atoms with van der Waals surface area (Å²) in [6, 6.07) is 9.73. The van der Waals surface area contributed by atoms with E-state index in [0.29, 0.717) is 22.2 Å². The lowest BCUT2D eigenvalue weighted by Gasteiger charge is -2.30. The summed E-state index contributed by atoms with van der Waals surface area (Å²) in [7, 11) is -3.78. The van der Waals surface area contributed by atoms with Crippen LogP contribution in [0, 0.1) is 11.7 Å². The van der Waals surface area contributed by atoms with Crippen molar-refractivity contribution in [2.75, 3.05) is 23.7 Å². The summed E-state index contributed by atoms with van der Waals surface area (Å²) in [5.41, 5.74) is 0.604. The number of carbonyl (C=O) groups excluding carboxylic acids is 2. The number of hydrogen-bond acceptors (Lipinski definition) is 4. The largest absolute Gasteiger partial charge is 0.354 e. The maximum atomic E-state index is 14.3. The number of halogens is 3. The zero-order valence-corrected chi connectivity index (χ0v) is 23.1. The third-order valence-electron chi connectivity index (χ3n) is 5.46. The van der Waals surface area contributed by atoms with Gasteiger partial charge in [-0.2, -0.15) is 0 Å². The third kappa shape index (κ3) is 8.64. The zero-order valence-electron chi connectivity index (χ0n) is 20.8. The van der Waals surface area contributed by atoms with Crippen LogP contribution in [0.5, 0.6) is 0 Å². The van der Waals surface area contributed by atoms with Gasteiger partial charge in [0.1, 0.15) is 11.9 Å². The molecule has 1 atom stereocenters. The van der Waals surface area contributed by atoms with Gasteiger partial charge in [0.2, 0.25) is 21.8 Å². The van der Waals surface area contributed by atoms with Crippen molar-refractivity contribution in [3.05, 3.63) is 63.9 Å². The summed E-state index contributed by atoms with van der Waals surface area (Å²) in [6.45, 7) is 6.03. The molecule has 0 spiro atoms. The Labute approximate surface area is 222 Å². The van der Waals surface area contributed by atoms with Crippen molar-refractivity contribution in [3.8, 4) is 0 Å². The average molecular weight is 561 g/mol. The van der Waals surface area contributed by atoms with Crippen molar-refractivity contribution in [2.24, 2.45) is 5.92 Å². The number of anilines is 1. The van der Waals surface area contributed by atoms with Gasteiger partial charge in [0.25, 0.3) is 0 Å². The predicted molar refractivity (Wildman–Crippen MR) is 142 cm³/mol. The number of rotatable bonds is 12. The van der Waals surface area contributed by atoms with Crippen LogP contribution < -0.4 is 9.62 Å². The highest BCUT2D eigenvalue weighted by Crippen LogP contribution is 2.25. The first-order valence-electron chi connectivity index (χ1n) is 11.5. The van der Waals surface area contributed by atoms with Gasteiger partial charge in [-0.3, -0.25) is 13.9 Å². The van der Waals surface area contributed by atoms with Crippen LogP contribution in [0.1, 0.15) is 39.2 Å². The van der Waals surface area contributed by atoms with E-state index in [-0.39, 0.29) is 49.4 Å². The molecule has 0 fully saturated rings. The lowest BCUT2D eigenvalue weighted by molar-refractivity contribution is -0.140. The predicted octanol–water partition coefficient (Wildman–Crippen LogP) is 4.87. The van der Waals surface area contributed by atoms with E-state index < -0.39 is 21.9 Å². The van der Waals surface area contributed by atoms with Gasteiger partial charge in [-0.05, 0) is 49.1 Å². The van der Waals surface area contributed by atoms with E-state index >= 15 is 0 Å². The fraction of sp³-hybridized carbons (Fsp3) is 0.440. The lowest BCUT2D eigenvalue weighted by atomic mass is 10.1. The van der Waals surface area contributed by atoms with Gasteiger partial charge in [0.05, 0.1) is 22.0 Å². The number of amides is 2. The first-order valence-corrected chi connectivity index (χ1v) is 14.1. The molecule has 0 saturated heterocycles. The van der Waals surface area contributed by atoms with Crippen molar-refractivity contribution >= 4 is 50.7 Å². The molecule has 7 nitrogen and oxygen atoms in total. The summed E-state index contributed by atoms with van der Waals surface area (Å²) >= 11 is 12.1. The Balaban J connectivity index is 2.20. The molecular formula is C25H32Cl2FN3O4S. The van der Waals surface area contributed by atoms with Crippen molar-refractivity contribution in [1.82, 2.24) is 10.2 Å². The third-order valence-corrected chi connectivity index (χ3v) is 7.38. The second-order valence-corrected chi connectivity index (χ2v) is 11.7. The molecule has 0 aliphatic rings. The van der Waals surface area contributed by atoms with Gasteiger partial charge < -0.3 is 10.2 Å². The van der Waals surface area contributed by atoms with Crippen LogP contribution in [0.4, 0.5) is 10.1 Å². The summed E-state index contributed by atoms with van der Waals surface area (Å²) < 4.78 is 39.8. The molecule has 1 N–H and O–H groups in total. The normalized spacial score (nSPS) is 12.3. The lowest BCUT2D eigenvalue weighted by Crippen LogP contribution is -2.48. The van der Waals surface area contributed by atoms with E-state index in [1.54, 1.807) is 25.1 Å². The maximum Gasteiger partial charge on any atom is 0.242 e. The molecule has 11 heteroatoms. The Hall–Kier alpha value is -2.36. The summed E-state index contributed by atoms with van der Waals surface area (Å²) in [4.78, 5) is 27.4. The molecule has 0 aliphatic carbocycles.